The highest BCUT2D eigenvalue weighted by Crippen LogP contribution is 2.27. The molecule has 0 saturated carbocycles. The van der Waals surface area contributed by atoms with E-state index in [1.54, 1.807) is 45.0 Å². The van der Waals surface area contributed by atoms with Gasteiger partial charge in [0, 0.05) is 11.7 Å². The summed E-state index contributed by atoms with van der Waals surface area (Å²) in [6.45, 7) is 5.28. The van der Waals surface area contributed by atoms with Crippen molar-refractivity contribution in [3.63, 3.8) is 0 Å². The summed E-state index contributed by atoms with van der Waals surface area (Å²) in [6.07, 6.45) is -0.0686. The largest absolute Gasteiger partial charge is 0.481 e. The number of imide groups is 1. The molecule has 3 amide bonds. The van der Waals surface area contributed by atoms with Gasteiger partial charge in [-0.15, -0.1) is 0 Å². The lowest BCUT2D eigenvalue weighted by atomic mass is 10.1. The van der Waals surface area contributed by atoms with Crippen LogP contribution in [0.4, 0.5) is 10.5 Å². The minimum atomic E-state index is -0.908. The van der Waals surface area contributed by atoms with Crippen LogP contribution in [-0.2, 0) is 16.0 Å². The number of hydrogen-bond donors (Lipinski definition) is 1. The first-order chi connectivity index (χ1) is 9.82. The van der Waals surface area contributed by atoms with Crippen LogP contribution in [0.1, 0.15) is 26.3 Å². The average molecular weight is 290 g/mol. The van der Waals surface area contributed by atoms with Crippen LogP contribution in [0, 0.1) is 0 Å². The number of carboxylic acid groups (broad SMARTS) is 1. The van der Waals surface area contributed by atoms with Gasteiger partial charge in [0.05, 0.1) is 6.42 Å². The standard InChI is InChI=1S/C15H18N2O4/c1-9(2)16-14(20)10(3)17(15(16)21)12-6-4-11(5-7-12)8-13(18)19/h4-7,9-10H,8H2,1-3H3,(H,18,19). The Kier molecular flexibility index (Phi) is 3.97. The minimum Gasteiger partial charge on any atom is -0.481 e. The summed E-state index contributed by atoms with van der Waals surface area (Å²) in [6, 6.07) is 5.58. The summed E-state index contributed by atoms with van der Waals surface area (Å²) < 4.78 is 0. The van der Waals surface area contributed by atoms with Crippen LogP contribution in [0.25, 0.3) is 0 Å². The maximum Gasteiger partial charge on any atom is 0.332 e. The van der Waals surface area contributed by atoms with E-state index < -0.39 is 12.0 Å². The van der Waals surface area contributed by atoms with Crippen LogP contribution in [0.2, 0.25) is 0 Å². The van der Waals surface area contributed by atoms with Crippen molar-refractivity contribution in [2.75, 3.05) is 4.90 Å². The lowest BCUT2D eigenvalue weighted by Gasteiger charge is -2.21. The maximum absolute atomic E-state index is 12.4. The SMILES string of the molecule is CC(C)N1C(=O)C(C)N(c2ccc(CC(=O)O)cc2)C1=O. The molecule has 0 spiro atoms. The Labute approximate surface area is 123 Å². The summed E-state index contributed by atoms with van der Waals surface area (Å²) in [5.41, 5.74) is 1.25. The van der Waals surface area contributed by atoms with Crippen LogP contribution in [0.3, 0.4) is 0 Å². The number of carbonyl (C=O) groups excluding carboxylic acids is 2. The Morgan fingerprint density at radius 3 is 2.24 bits per heavy atom. The van der Waals surface area contributed by atoms with Gasteiger partial charge in [-0.2, -0.15) is 0 Å². The van der Waals surface area contributed by atoms with E-state index in [0.29, 0.717) is 11.3 Å². The second-order valence-corrected chi connectivity index (χ2v) is 5.37. The van der Waals surface area contributed by atoms with E-state index in [1.807, 2.05) is 0 Å². The quantitative estimate of drug-likeness (QED) is 0.859. The number of amides is 3. The lowest BCUT2D eigenvalue weighted by molar-refractivity contribution is -0.136. The van der Waals surface area contributed by atoms with E-state index in [0.717, 1.165) is 0 Å². The van der Waals surface area contributed by atoms with Crippen molar-refractivity contribution in [1.82, 2.24) is 4.90 Å². The number of anilines is 1. The number of aliphatic carboxylic acids is 1. The van der Waals surface area contributed by atoms with Gasteiger partial charge in [-0.3, -0.25) is 19.4 Å². The van der Waals surface area contributed by atoms with Gasteiger partial charge in [-0.25, -0.2) is 4.79 Å². The molecule has 1 atom stereocenters. The van der Waals surface area contributed by atoms with Crippen molar-refractivity contribution in [2.24, 2.45) is 0 Å². The third kappa shape index (κ3) is 2.74. The fourth-order valence-electron chi connectivity index (χ4n) is 2.45. The van der Waals surface area contributed by atoms with Crippen molar-refractivity contribution >= 4 is 23.6 Å². The van der Waals surface area contributed by atoms with Gasteiger partial charge in [0.1, 0.15) is 6.04 Å². The molecule has 1 heterocycles. The number of urea groups is 1. The summed E-state index contributed by atoms with van der Waals surface area (Å²) in [7, 11) is 0. The van der Waals surface area contributed by atoms with E-state index in [-0.39, 0.29) is 24.4 Å². The molecule has 0 aromatic heterocycles. The van der Waals surface area contributed by atoms with Crippen molar-refractivity contribution in [3.8, 4) is 0 Å². The molecule has 112 valence electrons. The molecule has 21 heavy (non-hydrogen) atoms. The first-order valence-electron chi connectivity index (χ1n) is 6.80. The molecular formula is C15H18N2O4. The zero-order chi connectivity index (χ0) is 15.7. The highest BCUT2D eigenvalue weighted by atomic mass is 16.4. The van der Waals surface area contributed by atoms with Crippen LogP contribution in [-0.4, -0.2) is 40.0 Å². The van der Waals surface area contributed by atoms with Gasteiger partial charge in [0.15, 0.2) is 0 Å². The molecule has 1 aliphatic rings. The van der Waals surface area contributed by atoms with Crippen LogP contribution in [0.5, 0.6) is 0 Å². The van der Waals surface area contributed by atoms with Crippen LogP contribution in [0.15, 0.2) is 24.3 Å². The summed E-state index contributed by atoms with van der Waals surface area (Å²) >= 11 is 0. The Balaban J connectivity index is 2.27. The van der Waals surface area contributed by atoms with Gasteiger partial charge in [-0.05, 0) is 38.5 Å². The molecule has 1 saturated heterocycles. The Morgan fingerprint density at radius 1 is 1.24 bits per heavy atom. The Bertz CT molecular complexity index is 580. The van der Waals surface area contributed by atoms with Crippen molar-refractivity contribution < 1.29 is 19.5 Å². The Hall–Kier alpha value is -2.37. The maximum atomic E-state index is 12.4. The van der Waals surface area contributed by atoms with Gasteiger partial charge in [0.2, 0.25) is 0 Å². The third-order valence-corrected chi connectivity index (χ3v) is 3.48. The zero-order valence-electron chi connectivity index (χ0n) is 12.2. The number of hydrogen-bond acceptors (Lipinski definition) is 3. The predicted octanol–water partition coefficient (Wildman–Crippen LogP) is 1.88. The van der Waals surface area contributed by atoms with Crippen molar-refractivity contribution in [2.45, 2.75) is 39.3 Å². The lowest BCUT2D eigenvalue weighted by Crippen LogP contribution is -2.38. The number of carboxylic acids is 1. The highest BCUT2D eigenvalue weighted by Gasteiger charge is 2.44. The zero-order valence-corrected chi connectivity index (χ0v) is 12.2. The first kappa shape index (κ1) is 15.0. The number of benzene rings is 1. The minimum absolute atomic E-state index is 0.0686. The molecule has 1 aliphatic heterocycles. The van der Waals surface area contributed by atoms with Gasteiger partial charge >= 0.3 is 12.0 Å². The summed E-state index contributed by atoms with van der Waals surface area (Å²) in [4.78, 5) is 37.8. The number of nitrogens with zero attached hydrogens (tertiary/aromatic N) is 2. The molecule has 0 bridgehead atoms. The fourth-order valence-corrected chi connectivity index (χ4v) is 2.45. The average Bonchev–Trinajstić information content (AvgIpc) is 2.61. The topological polar surface area (TPSA) is 77.9 Å². The first-order valence-corrected chi connectivity index (χ1v) is 6.80. The van der Waals surface area contributed by atoms with E-state index in [4.69, 9.17) is 5.11 Å². The van der Waals surface area contributed by atoms with E-state index in [2.05, 4.69) is 0 Å². The van der Waals surface area contributed by atoms with Crippen LogP contribution >= 0.6 is 0 Å². The Morgan fingerprint density at radius 2 is 1.81 bits per heavy atom. The molecule has 1 N–H and O–H groups in total. The van der Waals surface area contributed by atoms with E-state index in [9.17, 15) is 14.4 Å². The molecule has 2 rings (SSSR count). The van der Waals surface area contributed by atoms with E-state index >= 15 is 0 Å². The molecule has 1 fully saturated rings. The van der Waals surface area contributed by atoms with Crippen molar-refractivity contribution in [1.29, 1.82) is 0 Å². The van der Waals surface area contributed by atoms with Gasteiger partial charge < -0.3 is 5.11 Å². The van der Waals surface area contributed by atoms with Gasteiger partial charge in [0.25, 0.3) is 5.91 Å². The summed E-state index contributed by atoms with van der Waals surface area (Å²) in [5.74, 6) is -1.13. The highest BCUT2D eigenvalue weighted by molar-refractivity contribution is 6.14. The molecule has 0 radical (unpaired) electrons. The molecule has 1 aromatic carbocycles. The fraction of sp³-hybridized carbons (Fsp3) is 0.400. The molecule has 1 aromatic rings. The third-order valence-electron chi connectivity index (χ3n) is 3.48. The molecular weight excluding hydrogens is 272 g/mol. The van der Waals surface area contributed by atoms with Gasteiger partial charge in [-0.1, -0.05) is 12.1 Å². The summed E-state index contributed by atoms with van der Waals surface area (Å²) in [5, 5.41) is 8.75. The molecule has 6 heteroatoms. The molecule has 0 aliphatic carbocycles. The number of rotatable bonds is 4. The van der Waals surface area contributed by atoms with Crippen LogP contribution < -0.4 is 4.90 Å². The number of carbonyl (C=O) groups is 3. The second kappa shape index (κ2) is 5.55. The normalized spacial score (nSPS) is 18.8. The molecule has 6 nitrogen and oxygen atoms in total. The smallest absolute Gasteiger partial charge is 0.332 e. The van der Waals surface area contributed by atoms with Crippen molar-refractivity contribution in [3.05, 3.63) is 29.8 Å². The second-order valence-electron chi connectivity index (χ2n) is 5.37. The predicted molar refractivity (Wildman–Crippen MR) is 77.1 cm³/mol. The molecule has 1 unspecified atom stereocenters. The van der Waals surface area contributed by atoms with E-state index in [1.165, 1.54) is 9.80 Å². The monoisotopic (exact) mass is 290 g/mol.